The molecule has 37 heavy (non-hydrogen) atoms. The molecule has 0 saturated carbocycles. The van der Waals surface area contributed by atoms with E-state index < -0.39 is 36.2 Å². The first kappa shape index (κ1) is 26.4. The number of hydrogen-bond acceptors (Lipinski definition) is 5. The van der Waals surface area contributed by atoms with Crippen molar-refractivity contribution in [1.29, 1.82) is 0 Å². The Morgan fingerprint density at radius 1 is 0.865 bits per heavy atom. The van der Waals surface area contributed by atoms with E-state index in [1.807, 2.05) is 60.7 Å². The van der Waals surface area contributed by atoms with E-state index in [9.17, 15) is 24.3 Å². The molecule has 194 valence electrons. The lowest BCUT2D eigenvalue weighted by Gasteiger charge is -2.33. The van der Waals surface area contributed by atoms with Crippen molar-refractivity contribution in [2.75, 3.05) is 6.54 Å². The lowest BCUT2D eigenvalue weighted by Crippen LogP contribution is -2.50. The van der Waals surface area contributed by atoms with E-state index in [1.165, 1.54) is 24.3 Å². The summed E-state index contributed by atoms with van der Waals surface area (Å²) in [7, 11) is 0. The number of halogens is 1. The Hall–Kier alpha value is -3.62. The van der Waals surface area contributed by atoms with Crippen molar-refractivity contribution in [3.8, 4) is 0 Å². The van der Waals surface area contributed by atoms with Crippen molar-refractivity contribution in [3.05, 3.63) is 112 Å². The van der Waals surface area contributed by atoms with E-state index in [2.05, 4.69) is 10.5 Å². The average molecular weight is 506 g/mol. The SMILES string of the molecule is O=NC(CCCN1C(=O)N[C@@H](Cc2ccccc2)[C@@H](O)[C@H](O)[C@@H]1Cc1ccccc1)c1ccc(F)cc1. The van der Waals surface area contributed by atoms with Crippen molar-refractivity contribution in [1.82, 2.24) is 10.2 Å². The predicted molar refractivity (Wildman–Crippen MR) is 139 cm³/mol. The number of urea groups is 1. The number of carbonyl (C=O) groups excluding carboxylic acids is 1. The number of carbonyl (C=O) groups is 1. The molecule has 0 radical (unpaired) electrons. The molecular weight excluding hydrogens is 473 g/mol. The first-order chi connectivity index (χ1) is 18.0. The molecule has 3 aromatic carbocycles. The van der Waals surface area contributed by atoms with Gasteiger partial charge in [-0.15, -0.1) is 0 Å². The molecule has 4 rings (SSSR count). The molecule has 0 bridgehead atoms. The molecule has 1 unspecified atom stereocenters. The standard InChI is InChI=1S/C29H32FN3O4/c30-23-15-13-22(14-16-23)24(32-37)12-7-17-33-26(19-21-10-5-2-6-11-21)28(35)27(34)25(31-29(33)36)18-20-8-3-1-4-9-20/h1-6,8-11,13-16,24-28,34-35H,7,12,17-19H2,(H,31,36)/t24?,25-,26-,27+,28+/m0/s1. The van der Waals surface area contributed by atoms with Crippen molar-refractivity contribution < 1.29 is 19.4 Å². The maximum Gasteiger partial charge on any atom is 0.318 e. The quantitative estimate of drug-likeness (QED) is 0.356. The Bertz CT molecular complexity index is 1150. The van der Waals surface area contributed by atoms with E-state index in [0.717, 1.165) is 11.1 Å². The summed E-state index contributed by atoms with van der Waals surface area (Å²) in [6.45, 7) is 0.248. The van der Waals surface area contributed by atoms with Crippen LogP contribution in [0.2, 0.25) is 0 Å². The van der Waals surface area contributed by atoms with Crippen molar-refractivity contribution in [2.24, 2.45) is 5.18 Å². The molecule has 1 aliphatic rings. The molecule has 2 amide bonds. The molecule has 1 fully saturated rings. The Morgan fingerprint density at radius 2 is 1.46 bits per heavy atom. The molecule has 3 aromatic rings. The summed E-state index contributed by atoms with van der Waals surface area (Å²) in [6.07, 6.45) is -0.853. The highest BCUT2D eigenvalue weighted by molar-refractivity contribution is 5.75. The zero-order valence-corrected chi connectivity index (χ0v) is 20.5. The van der Waals surface area contributed by atoms with Crippen LogP contribution >= 0.6 is 0 Å². The van der Waals surface area contributed by atoms with Gasteiger partial charge in [0.15, 0.2) is 0 Å². The van der Waals surface area contributed by atoms with Gasteiger partial charge in [-0.25, -0.2) is 9.18 Å². The minimum Gasteiger partial charge on any atom is -0.388 e. The number of nitroso groups, excluding NO2 is 1. The first-order valence-electron chi connectivity index (χ1n) is 12.6. The molecule has 8 heteroatoms. The van der Waals surface area contributed by atoms with E-state index in [4.69, 9.17) is 0 Å². The number of amides is 2. The number of hydrogen-bond donors (Lipinski definition) is 3. The third-order valence-electron chi connectivity index (χ3n) is 6.97. The summed E-state index contributed by atoms with van der Waals surface area (Å²) in [4.78, 5) is 26.5. The minimum atomic E-state index is -1.19. The first-order valence-corrected chi connectivity index (χ1v) is 12.6. The Kier molecular flexibility index (Phi) is 8.98. The number of aliphatic hydroxyl groups is 2. The topological polar surface area (TPSA) is 102 Å². The van der Waals surface area contributed by atoms with Crippen LogP contribution in [-0.4, -0.2) is 52.0 Å². The van der Waals surface area contributed by atoms with Gasteiger partial charge in [0.25, 0.3) is 0 Å². The molecule has 5 atom stereocenters. The van der Waals surface area contributed by atoms with Crippen LogP contribution < -0.4 is 5.32 Å². The number of rotatable bonds is 10. The third-order valence-corrected chi connectivity index (χ3v) is 6.97. The van der Waals surface area contributed by atoms with Gasteiger partial charge in [-0.05, 0) is 54.5 Å². The van der Waals surface area contributed by atoms with E-state index in [-0.39, 0.29) is 12.6 Å². The van der Waals surface area contributed by atoms with Crippen LogP contribution in [0.5, 0.6) is 0 Å². The summed E-state index contributed by atoms with van der Waals surface area (Å²) in [5, 5.41) is 28.5. The molecular formula is C29H32FN3O4. The van der Waals surface area contributed by atoms with Gasteiger partial charge < -0.3 is 20.4 Å². The summed E-state index contributed by atoms with van der Waals surface area (Å²) in [5.74, 6) is -0.393. The van der Waals surface area contributed by atoms with Gasteiger partial charge in [0.05, 0.1) is 12.1 Å². The van der Waals surface area contributed by atoms with Gasteiger partial charge in [-0.3, -0.25) is 0 Å². The van der Waals surface area contributed by atoms with Gasteiger partial charge in [-0.1, -0.05) is 78.0 Å². The van der Waals surface area contributed by atoms with Crippen molar-refractivity contribution >= 4 is 6.03 Å². The van der Waals surface area contributed by atoms with Crippen LogP contribution in [0.15, 0.2) is 90.1 Å². The minimum absolute atomic E-state index is 0.248. The van der Waals surface area contributed by atoms with Gasteiger partial charge in [-0.2, -0.15) is 4.91 Å². The molecule has 0 aromatic heterocycles. The third kappa shape index (κ3) is 6.78. The molecule has 0 spiro atoms. The fraction of sp³-hybridized carbons (Fsp3) is 0.345. The predicted octanol–water partition coefficient (Wildman–Crippen LogP) is 4.38. The maximum atomic E-state index is 13.4. The van der Waals surface area contributed by atoms with Crippen molar-refractivity contribution in [2.45, 2.75) is 56.0 Å². The molecule has 0 aliphatic carbocycles. The average Bonchev–Trinajstić information content (AvgIpc) is 2.99. The van der Waals surface area contributed by atoms with Gasteiger partial charge in [0, 0.05) is 6.54 Å². The van der Waals surface area contributed by atoms with Crippen LogP contribution in [0.3, 0.4) is 0 Å². The number of aliphatic hydroxyl groups excluding tert-OH is 2. The number of nitrogens with zero attached hydrogens (tertiary/aromatic N) is 2. The molecule has 1 heterocycles. The lowest BCUT2D eigenvalue weighted by atomic mass is 9.91. The molecule has 3 N–H and O–H groups in total. The molecule has 1 aliphatic heterocycles. The van der Waals surface area contributed by atoms with Crippen LogP contribution in [-0.2, 0) is 12.8 Å². The second kappa shape index (κ2) is 12.6. The van der Waals surface area contributed by atoms with Crippen LogP contribution in [0.4, 0.5) is 9.18 Å². The van der Waals surface area contributed by atoms with Crippen molar-refractivity contribution in [3.63, 3.8) is 0 Å². The fourth-order valence-corrected chi connectivity index (χ4v) is 4.94. The zero-order valence-electron chi connectivity index (χ0n) is 20.5. The normalized spacial score (nSPS) is 22.7. The second-order valence-electron chi connectivity index (χ2n) is 9.49. The highest BCUT2D eigenvalue weighted by Gasteiger charge is 2.42. The van der Waals surface area contributed by atoms with Crippen LogP contribution in [0, 0.1) is 10.7 Å². The lowest BCUT2D eigenvalue weighted by molar-refractivity contribution is -0.0297. The summed E-state index contributed by atoms with van der Waals surface area (Å²) < 4.78 is 13.3. The van der Waals surface area contributed by atoms with Gasteiger partial charge in [0.1, 0.15) is 24.1 Å². The Labute approximate surface area is 215 Å². The zero-order chi connectivity index (χ0) is 26.2. The smallest absolute Gasteiger partial charge is 0.318 e. The van der Waals surface area contributed by atoms with Crippen LogP contribution in [0.25, 0.3) is 0 Å². The highest BCUT2D eigenvalue weighted by atomic mass is 19.1. The van der Waals surface area contributed by atoms with E-state index in [0.29, 0.717) is 31.2 Å². The largest absolute Gasteiger partial charge is 0.388 e. The summed E-state index contributed by atoms with van der Waals surface area (Å²) in [6, 6.07) is 22.3. The van der Waals surface area contributed by atoms with Crippen LogP contribution in [0.1, 0.15) is 35.6 Å². The number of nitrogens with one attached hydrogen (secondary N) is 1. The summed E-state index contributed by atoms with van der Waals surface area (Å²) in [5.41, 5.74) is 2.47. The van der Waals surface area contributed by atoms with E-state index >= 15 is 0 Å². The fourth-order valence-electron chi connectivity index (χ4n) is 4.94. The monoisotopic (exact) mass is 505 g/mol. The Morgan fingerprint density at radius 3 is 2.05 bits per heavy atom. The molecule has 1 saturated heterocycles. The Balaban J connectivity index is 1.52. The molecule has 7 nitrogen and oxygen atoms in total. The van der Waals surface area contributed by atoms with Gasteiger partial charge in [0.2, 0.25) is 0 Å². The van der Waals surface area contributed by atoms with E-state index in [1.54, 1.807) is 4.90 Å². The highest BCUT2D eigenvalue weighted by Crippen LogP contribution is 2.26. The second-order valence-corrected chi connectivity index (χ2v) is 9.49. The summed E-state index contributed by atoms with van der Waals surface area (Å²) >= 11 is 0. The van der Waals surface area contributed by atoms with Gasteiger partial charge >= 0.3 is 6.03 Å². The maximum absolute atomic E-state index is 13.4. The number of benzene rings is 3.